The van der Waals surface area contributed by atoms with Gasteiger partial charge in [-0.1, -0.05) is 0 Å². The van der Waals surface area contributed by atoms with Crippen LogP contribution >= 0.6 is 24.8 Å². The van der Waals surface area contributed by atoms with E-state index in [1.54, 1.807) is 43.8 Å². The fraction of sp³-hybridized carbons (Fsp3) is 0.400. The lowest BCUT2D eigenvalue weighted by atomic mass is 9.79. The topological polar surface area (TPSA) is 72.5 Å². The van der Waals surface area contributed by atoms with Gasteiger partial charge >= 0.3 is 0 Å². The van der Waals surface area contributed by atoms with Crippen molar-refractivity contribution < 1.29 is 14.3 Å². The maximum absolute atomic E-state index is 12.5. The molecule has 0 aliphatic carbocycles. The maximum atomic E-state index is 12.5. The molecule has 1 aliphatic heterocycles. The van der Waals surface area contributed by atoms with Gasteiger partial charge in [-0.05, 0) is 62.3 Å². The summed E-state index contributed by atoms with van der Waals surface area (Å²) in [5, 5.41) is 6.42. The first kappa shape index (κ1) is 24.2. The van der Waals surface area contributed by atoms with E-state index in [2.05, 4.69) is 15.6 Å². The Morgan fingerprint density at radius 2 is 1.86 bits per heavy atom. The van der Waals surface area contributed by atoms with Crippen molar-refractivity contribution in [3.8, 4) is 11.5 Å². The van der Waals surface area contributed by atoms with Crippen LogP contribution in [0.4, 0.5) is 0 Å². The molecule has 0 spiro atoms. The van der Waals surface area contributed by atoms with E-state index < -0.39 is 0 Å². The summed E-state index contributed by atoms with van der Waals surface area (Å²) in [4.78, 5) is 16.5. The normalized spacial score (nSPS) is 14.9. The number of piperidine rings is 1. The number of benzene rings is 1. The maximum Gasteiger partial charge on any atom is 0.251 e. The SMILES string of the molecule is COCC1(CNC(=O)c2ccc(Oc3cccnc3)cc2)CCNCC1.Cl.Cl. The largest absolute Gasteiger partial charge is 0.456 e. The van der Waals surface area contributed by atoms with Gasteiger partial charge in [0.25, 0.3) is 5.91 Å². The molecule has 0 unspecified atom stereocenters. The molecule has 1 aromatic heterocycles. The van der Waals surface area contributed by atoms with E-state index in [1.807, 2.05) is 12.1 Å². The summed E-state index contributed by atoms with van der Waals surface area (Å²) in [6.07, 6.45) is 5.34. The molecular formula is C20H27Cl2N3O3. The van der Waals surface area contributed by atoms with Crippen molar-refractivity contribution in [3.05, 3.63) is 54.4 Å². The highest BCUT2D eigenvalue weighted by Gasteiger charge is 2.32. The van der Waals surface area contributed by atoms with Gasteiger partial charge in [-0.2, -0.15) is 0 Å². The molecule has 1 saturated heterocycles. The molecule has 2 aromatic rings. The van der Waals surface area contributed by atoms with Crippen molar-refractivity contribution in [2.24, 2.45) is 5.41 Å². The minimum Gasteiger partial charge on any atom is -0.456 e. The van der Waals surface area contributed by atoms with Gasteiger partial charge in [0.1, 0.15) is 11.5 Å². The van der Waals surface area contributed by atoms with E-state index in [-0.39, 0.29) is 36.1 Å². The van der Waals surface area contributed by atoms with Gasteiger partial charge in [0, 0.05) is 30.8 Å². The Hall–Kier alpha value is -1.86. The van der Waals surface area contributed by atoms with Crippen molar-refractivity contribution in [3.63, 3.8) is 0 Å². The number of carbonyl (C=O) groups is 1. The molecule has 8 heteroatoms. The predicted octanol–water partition coefficient (Wildman–Crippen LogP) is 3.46. The van der Waals surface area contributed by atoms with E-state index in [0.29, 0.717) is 30.2 Å². The first-order valence-electron chi connectivity index (χ1n) is 8.87. The van der Waals surface area contributed by atoms with E-state index in [4.69, 9.17) is 9.47 Å². The number of carbonyl (C=O) groups excluding carboxylic acids is 1. The Bertz CT molecular complexity index is 703. The monoisotopic (exact) mass is 427 g/mol. The van der Waals surface area contributed by atoms with Crippen LogP contribution in [0.3, 0.4) is 0 Å². The quantitative estimate of drug-likeness (QED) is 0.707. The van der Waals surface area contributed by atoms with Gasteiger partial charge < -0.3 is 20.1 Å². The van der Waals surface area contributed by atoms with E-state index in [0.717, 1.165) is 25.9 Å². The molecular weight excluding hydrogens is 401 g/mol. The molecule has 28 heavy (non-hydrogen) atoms. The van der Waals surface area contributed by atoms with Crippen molar-refractivity contribution >= 4 is 30.7 Å². The molecule has 6 nitrogen and oxygen atoms in total. The van der Waals surface area contributed by atoms with E-state index in [1.165, 1.54) is 0 Å². The number of pyridine rings is 1. The summed E-state index contributed by atoms with van der Waals surface area (Å²) in [6, 6.07) is 10.8. The summed E-state index contributed by atoms with van der Waals surface area (Å²) in [5.74, 6) is 1.26. The second-order valence-corrected chi connectivity index (χ2v) is 6.68. The predicted molar refractivity (Wildman–Crippen MR) is 114 cm³/mol. The number of nitrogens with one attached hydrogen (secondary N) is 2. The number of rotatable bonds is 7. The third kappa shape index (κ3) is 6.63. The Kier molecular flexibility index (Phi) is 10.2. The first-order valence-corrected chi connectivity index (χ1v) is 8.87. The highest BCUT2D eigenvalue weighted by Crippen LogP contribution is 2.28. The number of hydrogen-bond donors (Lipinski definition) is 2. The highest BCUT2D eigenvalue weighted by atomic mass is 35.5. The minimum atomic E-state index is -0.0769. The molecule has 2 N–H and O–H groups in total. The van der Waals surface area contributed by atoms with Crippen LogP contribution in [-0.4, -0.2) is 44.2 Å². The van der Waals surface area contributed by atoms with Gasteiger partial charge in [0.05, 0.1) is 12.8 Å². The minimum absolute atomic E-state index is 0. The highest BCUT2D eigenvalue weighted by molar-refractivity contribution is 5.94. The lowest BCUT2D eigenvalue weighted by Gasteiger charge is -2.37. The van der Waals surface area contributed by atoms with E-state index in [9.17, 15) is 4.79 Å². The van der Waals surface area contributed by atoms with Crippen molar-refractivity contribution in [1.29, 1.82) is 0 Å². The Balaban J connectivity index is 0.00000196. The van der Waals surface area contributed by atoms with Gasteiger partial charge in [-0.15, -0.1) is 24.8 Å². The van der Waals surface area contributed by atoms with Crippen LogP contribution in [0.2, 0.25) is 0 Å². The second kappa shape index (κ2) is 11.9. The number of methoxy groups -OCH3 is 1. The molecule has 0 bridgehead atoms. The summed E-state index contributed by atoms with van der Waals surface area (Å²) >= 11 is 0. The Morgan fingerprint density at radius 3 is 2.46 bits per heavy atom. The van der Waals surface area contributed by atoms with Gasteiger partial charge in [-0.3, -0.25) is 9.78 Å². The average Bonchev–Trinajstić information content (AvgIpc) is 2.69. The van der Waals surface area contributed by atoms with Crippen LogP contribution in [0.25, 0.3) is 0 Å². The standard InChI is InChI=1S/C20H25N3O3.2ClH/c1-25-15-20(8-11-21-12-9-20)14-23-19(24)16-4-6-17(7-5-16)26-18-3-2-10-22-13-18;;/h2-7,10,13,21H,8-9,11-12,14-15H2,1H3,(H,23,24);2*1H. The Morgan fingerprint density at radius 1 is 1.14 bits per heavy atom. The first-order chi connectivity index (χ1) is 12.7. The summed E-state index contributed by atoms with van der Waals surface area (Å²) in [6.45, 7) is 3.20. The molecule has 1 aliphatic rings. The zero-order valence-corrected chi connectivity index (χ0v) is 17.5. The van der Waals surface area contributed by atoms with E-state index >= 15 is 0 Å². The van der Waals surface area contributed by atoms with Gasteiger partial charge in [0.15, 0.2) is 0 Å². The fourth-order valence-corrected chi connectivity index (χ4v) is 3.22. The van der Waals surface area contributed by atoms with Crippen molar-refractivity contribution in [1.82, 2.24) is 15.6 Å². The zero-order chi connectivity index (χ0) is 18.2. The molecule has 1 aromatic carbocycles. The third-order valence-electron chi connectivity index (χ3n) is 4.73. The van der Waals surface area contributed by atoms with Gasteiger partial charge in [0.2, 0.25) is 0 Å². The van der Waals surface area contributed by atoms with Crippen LogP contribution in [0.5, 0.6) is 11.5 Å². The van der Waals surface area contributed by atoms with Crippen LogP contribution in [0, 0.1) is 5.41 Å². The number of aromatic nitrogens is 1. The summed E-state index contributed by atoms with van der Waals surface area (Å²) in [5.41, 5.74) is 0.629. The average molecular weight is 428 g/mol. The Labute approximate surface area is 178 Å². The number of halogens is 2. The number of nitrogens with zero attached hydrogens (tertiary/aromatic N) is 1. The smallest absolute Gasteiger partial charge is 0.251 e. The van der Waals surface area contributed by atoms with Crippen LogP contribution in [-0.2, 0) is 4.74 Å². The lowest BCUT2D eigenvalue weighted by Crippen LogP contribution is -2.47. The van der Waals surface area contributed by atoms with Gasteiger partial charge in [-0.25, -0.2) is 0 Å². The molecule has 0 radical (unpaired) electrons. The zero-order valence-electron chi connectivity index (χ0n) is 15.8. The molecule has 0 saturated carbocycles. The van der Waals surface area contributed by atoms with Crippen LogP contribution in [0.15, 0.2) is 48.8 Å². The van der Waals surface area contributed by atoms with Crippen molar-refractivity contribution in [2.75, 3.05) is 33.4 Å². The second-order valence-electron chi connectivity index (χ2n) is 6.68. The fourth-order valence-electron chi connectivity index (χ4n) is 3.22. The molecule has 0 atom stereocenters. The molecule has 1 amide bonds. The molecule has 1 fully saturated rings. The molecule has 2 heterocycles. The van der Waals surface area contributed by atoms with Crippen molar-refractivity contribution in [2.45, 2.75) is 12.8 Å². The van der Waals surface area contributed by atoms with Crippen LogP contribution in [0.1, 0.15) is 23.2 Å². The molecule has 3 rings (SSSR count). The molecule has 154 valence electrons. The van der Waals surface area contributed by atoms with Crippen LogP contribution < -0.4 is 15.4 Å². The lowest BCUT2D eigenvalue weighted by molar-refractivity contribution is 0.0512. The number of amides is 1. The number of hydrogen-bond acceptors (Lipinski definition) is 5. The summed E-state index contributed by atoms with van der Waals surface area (Å²) < 4.78 is 11.1. The summed E-state index contributed by atoms with van der Waals surface area (Å²) in [7, 11) is 1.71. The number of ether oxygens (including phenoxy) is 2. The third-order valence-corrected chi connectivity index (χ3v) is 4.73.